The number of aliphatic hydroxyl groups is 1. The van der Waals surface area contributed by atoms with Crippen molar-refractivity contribution in [3.05, 3.63) is 84.4 Å². The van der Waals surface area contributed by atoms with Gasteiger partial charge in [-0.2, -0.15) is 0 Å². The van der Waals surface area contributed by atoms with Crippen molar-refractivity contribution in [1.82, 2.24) is 0 Å². The van der Waals surface area contributed by atoms with E-state index >= 15 is 0 Å². The van der Waals surface area contributed by atoms with Crippen molar-refractivity contribution in [3.8, 4) is 0 Å². The summed E-state index contributed by atoms with van der Waals surface area (Å²) in [6, 6.07) is 20.2. The van der Waals surface area contributed by atoms with Crippen LogP contribution in [-0.4, -0.2) is 10.7 Å². The number of hydrogen-bond donors (Lipinski definition) is 1. The van der Waals surface area contributed by atoms with E-state index in [4.69, 9.17) is 0 Å². The minimum Gasteiger partial charge on any atom is -0.389 e. The molecule has 104 valence electrons. The number of hydrogen-bond acceptors (Lipinski definition) is 1. The van der Waals surface area contributed by atoms with Gasteiger partial charge in [-0.15, -0.1) is 6.58 Å². The van der Waals surface area contributed by atoms with Crippen molar-refractivity contribution in [3.63, 3.8) is 0 Å². The van der Waals surface area contributed by atoms with Gasteiger partial charge in [0.1, 0.15) is 0 Å². The lowest BCUT2D eigenvalue weighted by molar-refractivity contribution is 0.0218. The first kappa shape index (κ1) is 14.5. The first-order valence-corrected chi connectivity index (χ1v) is 7.02. The standard InChI is InChI=1S/C19H22O/c1-4-18(17-13-9-6-10-14-17)19(3,20)15(2)16-11-7-5-8-12-16/h4-15,18,20H,1H2,2-3H3/t15-,18?,19+/m1/s1. The molecule has 0 saturated heterocycles. The van der Waals surface area contributed by atoms with Crippen LogP contribution in [0.25, 0.3) is 0 Å². The van der Waals surface area contributed by atoms with Crippen molar-refractivity contribution in [2.75, 3.05) is 0 Å². The Balaban J connectivity index is 2.35. The summed E-state index contributed by atoms with van der Waals surface area (Å²) in [7, 11) is 0. The van der Waals surface area contributed by atoms with Gasteiger partial charge >= 0.3 is 0 Å². The summed E-state index contributed by atoms with van der Waals surface area (Å²) in [6.07, 6.45) is 1.84. The molecule has 0 amide bonds. The van der Waals surface area contributed by atoms with E-state index in [1.54, 1.807) is 0 Å². The molecule has 0 radical (unpaired) electrons. The Morgan fingerprint density at radius 2 is 1.40 bits per heavy atom. The Labute approximate surface area is 121 Å². The van der Waals surface area contributed by atoms with Crippen LogP contribution in [0.3, 0.4) is 0 Å². The molecular formula is C19H22O. The number of rotatable bonds is 5. The fourth-order valence-corrected chi connectivity index (χ4v) is 2.72. The highest BCUT2D eigenvalue weighted by Gasteiger charge is 2.37. The quantitative estimate of drug-likeness (QED) is 0.789. The Hall–Kier alpha value is -1.86. The largest absolute Gasteiger partial charge is 0.389 e. The second-order valence-electron chi connectivity index (χ2n) is 5.48. The Kier molecular flexibility index (Phi) is 4.41. The molecule has 0 aliphatic heterocycles. The van der Waals surface area contributed by atoms with Crippen LogP contribution < -0.4 is 0 Å². The van der Waals surface area contributed by atoms with Gasteiger partial charge in [0.05, 0.1) is 5.60 Å². The van der Waals surface area contributed by atoms with Crippen LogP contribution in [0.2, 0.25) is 0 Å². The average molecular weight is 266 g/mol. The SMILES string of the molecule is C=CC(c1ccccc1)[C@@](C)(O)[C@H](C)c1ccccc1. The minimum absolute atomic E-state index is 0.0203. The van der Waals surface area contributed by atoms with Gasteiger partial charge in [-0.05, 0) is 18.1 Å². The van der Waals surface area contributed by atoms with E-state index in [-0.39, 0.29) is 11.8 Å². The molecule has 2 aromatic rings. The summed E-state index contributed by atoms with van der Waals surface area (Å²) in [4.78, 5) is 0. The average Bonchev–Trinajstić information content (AvgIpc) is 2.49. The Morgan fingerprint density at radius 3 is 1.85 bits per heavy atom. The molecule has 0 saturated carbocycles. The summed E-state index contributed by atoms with van der Waals surface area (Å²) < 4.78 is 0. The highest BCUT2D eigenvalue weighted by molar-refractivity contribution is 5.31. The zero-order valence-electron chi connectivity index (χ0n) is 12.2. The van der Waals surface area contributed by atoms with E-state index in [2.05, 4.69) is 25.6 Å². The molecule has 0 bridgehead atoms. The maximum Gasteiger partial charge on any atom is 0.0787 e. The Morgan fingerprint density at radius 1 is 0.950 bits per heavy atom. The number of benzene rings is 2. The van der Waals surface area contributed by atoms with Crippen molar-refractivity contribution in [1.29, 1.82) is 0 Å². The van der Waals surface area contributed by atoms with E-state index < -0.39 is 5.60 Å². The normalized spacial score (nSPS) is 16.9. The third kappa shape index (κ3) is 2.83. The lowest BCUT2D eigenvalue weighted by atomic mass is 9.73. The molecule has 1 heteroatoms. The molecule has 0 aliphatic carbocycles. The highest BCUT2D eigenvalue weighted by Crippen LogP contribution is 2.39. The summed E-state index contributed by atoms with van der Waals surface area (Å²) in [5.41, 5.74) is 1.35. The first-order chi connectivity index (χ1) is 9.57. The van der Waals surface area contributed by atoms with Crippen LogP contribution in [0.4, 0.5) is 0 Å². The second kappa shape index (κ2) is 6.06. The van der Waals surface area contributed by atoms with E-state index in [0.29, 0.717) is 0 Å². The predicted molar refractivity (Wildman–Crippen MR) is 84.9 cm³/mol. The summed E-state index contributed by atoms with van der Waals surface area (Å²) in [6.45, 7) is 7.88. The smallest absolute Gasteiger partial charge is 0.0787 e. The van der Waals surface area contributed by atoms with Gasteiger partial charge in [0.25, 0.3) is 0 Å². The van der Waals surface area contributed by atoms with Crippen LogP contribution in [-0.2, 0) is 0 Å². The maximum atomic E-state index is 11.1. The van der Waals surface area contributed by atoms with Gasteiger partial charge in [0.15, 0.2) is 0 Å². The van der Waals surface area contributed by atoms with Crippen LogP contribution in [0.5, 0.6) is 0 Å². The van der Waals surface area contributed by atoms with Crippen molar-refractivity contribution in [2.24, 2.45) is 0 Å². The van der Waals surface area contributed by atoms with Gasteiger partial charge < -0.3 is 5.11 Å². The summed E-state index contributed by atoms with van der Waals surface area (Å²) >= 11 is 0. The highest BCUT2D eigenvalue weighted by atomic mass is 16.3. The molecule has 0 spiro atoms. The van der Waals surface area contributed by atoms with Gasteiger partial charge in [-0.1, -0.05) is 73.7 Å². The molecule has 1 unspecified atom stereocenters. The lowest BCUT2D eigenvalue weighted by Gasteiger charge is -2.37. The van der Waals surface area contributed by atoms with Crippen LogP contribution in [0.15, 0.2) is 73.3 Å². The molecule has 2 aromatic carbocycles. The van der Waals surface area contributed by atoms with Gasteiger partial charge in [0, 0.05) is 11.8 Å². The van der Waals surface area contributed by atoms with Crippen molar-refractivity contribution in [2.45, 2.75) is 31.3 Å². The molecule has 20 heavy (non-hydrogen) atoms. The van der Waals surface area contributed by atoms with Gasteiger partial charge in [-0.3, -0.25) is 0 Å². The van der Waals surface area contributed by atoms with E-state index in [1.807, 2.05) is 61.5 Å². The Bertz CT molecular complexity index is 542. The molecule has 0 fully saturated rings. The van der Waals surface area contributed by atoms with E-state index in [0.717, 1.165) is 11.1 Å². The third-order valence-corrected chi connectivity index (χ3v) is 4.20. The maximum absolute atomic E-state index is 11.1. The monoisotopic (exact) mass is 266 g/mol. The van der Waals surface area contributed by atoms with E-state index in [9.17, 15) is 5.11 Å². The minimum atomic E-state index is -0.884. The topological polar surface area (TPSA) is 20.2 Å². The fraction of sp³-hybridized carbons (Fsp3) is 0.263. The molecular weight excluding hydrogens is 244 g/mol. The molecule has 1 N–H and O–H groups in total. The van der Waals surface area contributed by atoms with Crippen molar-refractivity contribution < 1.29 is 5.11 Å². The predicted octanol–water partition coefficient (Wildman–Crippen LogP) is 4.51. The molecule has 3 atom stereocenters. The van der Waals surface area contributed by atoms with Gasteiger partial charge in [-0.25, -0.2) is 0 Å². The molecule has 0 aliphatic rings. The molecule has 2 rings (SSSR count). The van der Waals surface area contributed by atoms with Crippen LogP contribution >= 0.6 is 0 Å². The second-order valence-corrected chi connectivity index (χ2v) is 5.48. The van der Waals surface area contributed by atoms with Crippen LogP contribution in [0, 0.1) is 0 Å². The fourth-order valence-electron chi connectivity index (χ4n) is 2.72. The molecule has 0 aromatic heterocycles. The zero-order chi connectivity index (χ0) is 14.6. The van der Waals surface area contributed by atoms with E-state index in [1.165, 1.54) is 0 Å². The van der Waals surface area contributed by atoms with Crippen LogP contribution in [0.1, 0.15) is 36.8 Å². The molecule has 1 nitrogen and oxygen atoms in total. The van der Waals surface area contributed by atoms with Gasteiger partial charge in [0.2, 0.25) is 0 Å². The summed E-state index contributed by atoms with van der Waals surface area (Å²) in [5, 5.41) is 11.1. The lowest BCUT2D eigenvalue weighted by Crippen LogP contribution is -2.37. The third-order valence-electron chi connectivity index (χ3n) is 4.20. The first-order valence-electron chi connectivity index (χ1n) is 7.02. The summed E-state index contributed by atoms with van der Waals surface area (Å²) in [5.74, 6) is -0.0780. The van der Waals surface area contributed by atoms with Crippen molar-refractivity contribution >= 4 is 0 Å². The molecule has 0 heterocycles. The zero-order valence-corrected chi connectivity index (χ0v) is 12.2.